The summed E-state index contributed by atoms with van der Waals surface area (Å²) >= 11 is 0. The van der Waals surface area contributed by atoms with Crippen LogP contribution in [-0.4, -0.2) is 16.0 Å². The summed E-state index contributed by atoms with van der Waals surface area (Å²) in [7, 11) is 0. The Hall–Kier alpha value is -2.38. The lowest BCUT2D eigenvalue weighted by Gasteiger charge is -2.08. The van der Waals surface area contributed by atoms with E-state index in [1.807, 2.05) is 0 Å². The molecule has 19 heavy (non-hydrogen) atoms. The van der Waals surface area contributed by atoms with Crippen LogP contribution in [-0.2, 0) is 0 Å². The fourth-order valence-electron chi connectivity index (χ4n) is 1.59. The molecule has 2 rings (SSSR count). The number of anilines is 1. The van der Waals surface area contributed by atoms with Gasteiger partial charge in [0.1, 0.15) is 17.3 Å². The van der Waals surface area contributed by atoms with Gasteiger partial charge in [-0.3, -0.25) is 0 Å². The molecule has 4 N–H and O–H groups in total. The molecule has 0 amide bonds. The highest BCUT2D eigenvalue weighted by Crippen LogP contribution is 2.28. The summed E-state index contributed by atoms with van der Waals surface area (Å²) in [5.41, 5.74) is 6.71. The number of halogens is 3. The van der Waals surface area contributed by atoms with Crippen LogP contribution in [0.15, 0.2) is 24.3 Å². The van der Waals surface area contributed by atoms with E-state index >= 15 is 0 Å². The number of hydrogen-bond acceptors (Lipinski definition) is 4. The lowest BCUT2D eigenvalue weighted by Crippen LogP contribution is -2.16. The number of imidazole rings is 1. The molecule has 8 heteroatoms. The van der Waals surface area contributed by atoms with Crippen LogP contribution in [0.2, 0.25) is 0 Å². The number of nitrogens with two attached hydrogens (primary N) is 2. The fraction of sp³-hybridized carbons (Fsp3) is 0.182. The second kappa shape index (κ2) is 4.38. The minimum atomic E-state index is -4.71. The maximum atomic E-state index is 12.0. The highest BCUT2D eigenvalue weighted by molar-refractivity contribution is 5.71. The Morgan fingerprint density at radius 1 is 1.21 bits per heavy atom. The van der Waals surface area contributed by atoms with Crippen LogP contribution in [0.3, 0.4) is 0 Å². The topological polar surface area (TPSA) is 79.1 Å². The van der Waals surface area contributed by atoms with E-state index < -0.39 is 6.36 Å². The Balaban J connectivity index is 2.30. The van der Waals surface area contributed by atoms with Gasteiger partial charge in [0.2, 0.25) is 0 Å². The van der Waals surface area contributed by atoms with E-state index in [2.05, 4.69) is 9.72 Å². The number of nitrogens with zero attached hydrogens (tertiary/aromatic N) is 2. The highest BCUT2D eigenvalue weighted by atomic mass is 19.4. The molecular weight excluding hydrogens is 261 g/mol. The molecule has 1 aromatic heterocycles. The van der Waals surface area contributed by atoms with Gasteiger partial charge < -0.3 is 16.3 Å². The van der Waals surface area contributed by atoms with Crippen molar-refractivity contribution in [1.29, 1.82) is 0 Å². The first-order valence-corrected chi connectivity index (χ1v) is 5.24. The van der Waals surface area contributed by atoms with Crippen LogP contribution in [0.25, 0.3) is 11.3 Å². The van der Waals surface area contributed by atoms with E-state index in [1.54, 1.807) is 6.92 Å². The van der Waals surface area contributed by atoms with Crippen molar-refractivity contribution in [3.63, 3.8) is 0 Å². The predicted molar refractivity (Wildman–Crippen MR) is 63.6 cm³/mol. The normalized spacial score (nSPS) is 11.6. The molecule has 1 aromatic carbocycles. The van der Waals surface area contributed by atoms with E-state index in [0.717, 1.165) is 0 Å². The van der Waals surface area contributed by atoms with Gasteiger partial charge >= 0.3 is 6.36 Å². The molecule has 0 saturated carbocycles. The average Bonchev–Trinajstić information content (AvgIpc) is 2.56. The summed E-state index contributed by atoms with van der Waals surface area (Å²) in [6.45, 7) is 1.67. The van der Waals surface area contributed by atoms with Crippen molar-refractivity contribution < 1.29 is 17.9 Å². The highest BCUT2D eigenvalue weighted by Gasteiger charge is 2.31. The minimum absolute atomic E-state index is 0.238. The first kappa shape index (κ1) is 13.1. The predicted octanol–water partition coefficient (Wildman–Crippen LogP) is 2.05. The van der Waals surface area contributed by atoms with E-state index in [9.17, 15) is 13.2 Å². The van der Waals surface area contributed by atoms with Crippen LogP contribution in [0.4, 0.5) is 19.0 Å². The van der Waals surface area contributed by atoms with E-state index in [0.29, 0.717) is 17.1 Å². The van der Waals surface area contributed by atoms with Crippen LogP contribution in [0.1, 0.15) is 5.82 Å². The number of rotatable bonds is 2. The number of benzene rings is 1. The standard InChI is InChI=1S/C11H11F3N4O/c1-6-17-9(10(15)18(6)16)7-2-4-8(5-3-7)19-11(12,13)14/h2-5H,15-16H2,1H3. The van der Waals surface area contributed by atoms with Gasteiger partial charge in [0.25, 0.3) is 0 Å². The van der Waals surface area contributed by atoms with Gasteiger partial charge in [0.05, 0.1) is 0 Å². The molecular formula is C11H11F3N4O. The summed E-state index contributed by atoms with van der Waals surface area (Å²) in [4.78, 5) is 4.13. The van der Waals surface area contributed by atoms with Crippen molar-refractivity contribution in [2.45, 2.75) is 13.3 Å². The van der Waals surface area contributed by atoms with Gasteiger partial charge in [-0.15, -0.1) is 13.2 Å². The zero-order valence-electron chi connectivity index (χ0n) is 9.90. The zero-order chi connectivity index (χ0) is 14.2. The maximum absolute atomic E-state index is 12.0. The summed E-state index contributed by atoms with van der Waals surface area (Å²) in [5.74, 6) is 6.04. The van der Waals surface area contributed by atoms with Gasteiger partial charge in [-0.25, -0.2) is 9.66 Å². The number of alkyl halides is 3. The number of hydrogen-bond donors (Lipinski definition) is 2. The molecule has 0 unspecified atom stereocenters. The van der Waals surface area contributed by atoms with E-state index in [1.165, 1.54) is 28.9 Å². The van der Waals surface area contributed by atoms with Crippen molar-refractivity contribution in [3.05, 3.63) is 30.1 Å². The van der Waals surface area contributed by atoms with Gasteiger partial charge in [-0.2, -0.15) is 0 Å². The quantitative estimate of drug-likeness (QED) is 0.820. The van der Waals surface area contributed by atoms with Gasteiger partial charge in [-0.05, 0) is 31.2 Å². The molecule has 0 aliphatic rings. The third-order valence-corrected chi connectivity index (χ3v) is 2.49. The first-order valence-electron chi connectivity index (χ1n) is 5.24. The van der Waals surface area contributed by atoms with Crippen LogP contribution < -0.4 is 16.3 Å². The monoisotopic (exact) mass is 272 g/mol. The molecule has 0 fully saturated rings. The lowest BCUT2D eigenvalue weighted by molar-refractivity contribution is -0.274. The molecule has 5 nitrogen and oxygen atoms in total. The Kier molecular flexibility index (Phi) is 3.01. The summed E-state index contributed by atoms with van der Waals surface area (Å²) < 4.78 is 41.0. The maximum Gasteiger partial charge on any atom is 0.573 e. The van der Waals surface area contributed by atoms with Crippen molar-refractivity contribution >= 4 is 5.82 Å². The van der Waals surface area contributed by atoms with E-state index in [4.69, 9.17) is 11.6 Å². The molecule has 0 aliphatic heterocycles. The minimum Gasteiger partial charge on any atom is -0.406 e. The largest absolute Gasteiger partial charge is 0.573 e. The smallest absolute Gasteiger partial charge is 0.406 e. The molecule has 0 bridgehead atoms. The average molecular weight is 272 g/mol. The molecule has 1 heterocycles. The van der Waals surface area contributed by atoms with Gasteiger partial charge in [0, 0.05) is 5.56 Å². The summed E-state index contributed by atoms with van der Waals surface area (Å²) in [6, 6.07) is 5.23. The van der Waals surface area contributed by atoms with E-state index in [-0.39, 0.29) is 11.6 Å². The zero-order valence-corrected chi connectivity index (χ0v) is 9.90. The molecule has 0 spiro atoms. The van der Waals surface area contributed by atoms with Gasteiger partial charge in [-0.1, -0.05) is 0 Å². The second-order valence-electron chi connectivity index (χ2n) is 3.84. The van der Waals surface area contributed by atoms with Crippen LogP contribution in [0.5, 0.6) is 5.75 Å². The third kappa shape index (κ3) is 2.72. The second-order valence-corrected chi connectivity index (χ2v) is 3.84. The molecule has 0 saturated heterocycles. The Morgan fingerprint density at radius 2 is 1.79 bits per heavy atom. The molecule has 0 atom stereocenters. The van der Waals surface area contributed by atoms with Crippen LogP contribution >= 0.6 is 0 Å². The number of ether oxygens (including phenoxy) is 1. The van der Waals surface area contributed by atoms with Crippen LogP contribution in [0, 0.1) is 6.92 Å². The van der Waals surface area contributed by atoms with Crippen molar-refractivity contribution in [2.24, 2.45) is 0 Å². The summed E-state index contributed by atoms with van der Waals surface area (Å²) in [5, 5.41) is 0. The first-order chi connectivity index (χ1) is 8.78. The molecule has 0 aliphatic carbocycles. The Morgan fingerprint density at radius 3 is 2.21 bits per heavy atom. The molecule has 0 radical (unpaired) electrons. The molecule has 102 valence electrons. The number of aryl methyl sites for hydroxylation is 1. The summed E-state index contributed by atoms with van der Waals surface area (Å²) in [6.07, 6.45) is -4.71. The molecule has 2 aromatic rings. The fourth-order valence-corrected chi connectivity index (χ4v) is 1.59. The number of nitrogen functional groups attached to an aromatic ring is 2. The number of aromatic nitrogens is 2. The SMILES string of the molecule is Cc1nc(-c2ccc(OC(F)(F)F)cc2)c(N)n1N. The lowest BCUT2D eigenvalue weighted by atomic mass is 10.1. The van der Waals surface area contributed by atoms with Crippen molar-refractivity contribution in [3.8, 4) is 17.0 Å². The van der Waals surface area contributed by atoms with Crippen molar-refractivity contribution in [2.75, 3.05) is 11.6 Å². The Labute approximate surface area is 106 Å². The Bertz CT molecular complexity index is 589. The van der Waals surface area contributed by atoms with Gasteiger partial charge in [0.15, 0.2) is 5.82 Å². The van der Waals surface area contributed by atoms with Crippen molar-refractivity contribution in [1.82, 2.24) is 9.66 Å². The third-order valence-electron chi connectivity index (χ3n) is 2.49.